The van der Waals surface area contributed by atoms with Gasteiger partial charge in [-0.15, -0.1) is 0 Å². The predicted octanol–water partition coefficient (Wildman–Crippen LogP) is 2.85. The summed E-state index contributed by atoms with van der Waals surface area (Å²) in [6.45, 7) is 0.432. The highest BCUT2D eigenvalue weighted by molar-refractivity contribution is 5.92. The third-order valence-electron chi connectivity index (χ3n) is 4.15. The van der Waals surface area contributed by atoms with E-state index in [-0.39, 0.29) is 12.1 Å². The first-order valence-electron chi connectivity index (χ1n) is 7.43. The van der Waals surface area contributed by atoms with Crippen LogP contribution in [0.1, 0.15) is 17.2 Å². The number of rotatable bonds is 2. The fraction of sp³-hybridized carbons (Fsp3) is 0.167. The first-order valence-corrected chi connectivity index (χ1v) is 7.43. The molecule has 4 rings (SSSR count). The molecule has 2 aliphatic heterocycles. The number of nitrogens with one attached hydrogen (secondary N) is 2. The lowest BCUT2D eigenvalue weighted by atomic mass is 9.91. The third-order valence-corrected chi connectivity index (χ3v) is 4.15. The molecule has 0 aromatic heterocycles. The molecule has 2 amide bonds. The van der Waals surface area contributed by atoms with Crippen molar-refractivity contribution in [2.24, 2.45) is 0 Å². The van der Waals surface area contributed by atoms with Gasteiger partial charge >= 0.3 is 6.03 Å². The van der Waals surface area contributed by atoms with Gasteiger partial charge in [-0.05, 0) is 29.8 Å². The van der Waals surface area contributed by atoms with Crippen molar-refractivity contribution in [3.05, 3.63) is 65.2 Å². The Kier molecular flexibility index (Phi) is 3.19. The van der Waals surface area contributed by atoms with Gasteiger partial charge in [0.05, 0.1) is 18.8 Å². The lowest BCUT2D eigenvalue weighted by Gasteiger charge is -2.34. The quantitative estimate of drug-likeness (QED) is 0.897. The summed E-state index contributed by atoms with van der Waals surface area (Å²) in [6, 6.07) is 15.0. The zero-order valence-corrected chi connectivity index (χ0v) is 12.6. The number of benzene rings is 2. The van der Waals surface area contributed by atoms with E-state index in [1.807, 2.05) is 48.5 Å². The molecule has 0 saturated heterocycles. The van der Waals surface area contributed by atoms with Crippen molar-refractivity contribution in [1.29, 1.82) is 0 Å². The molecule has 2 aromatic rings. The number of hydrogen-bond donors (Lipinski definition) is 2. The molecular formula is C18H16N2O3. The number of para-hydroxylation sites is 1. The Labute approximate surface area is 133 Å². The summed E-state index contributed by atoms with van der Waals surface area (Å²) in [6.07, 6.45) is 0. The lowest BCUT2D eigenvalue weighted by molar-refractivity contribution is 0.237. The highest BCUT2D eigenvalue weighted by atomic mass is 16.5. The summed E-state index contributed by atoms with van der Waals surface area (Å²) in [7, 11) is 1.63. The van der Waals surface area contributed by atoms with Gasteiger partial charge in [0.2, 0.25) is 0 Å². The Hall–Kier alpha value is -2.95. The first-order chi connectivity index (χ1) is 11.3. The van der Waals surface area contributed by atoms with Crippen LogP contribution in [0.2, 0.25) is 0 Å². The molecule has 2 aromatic carbocycles. The van der Waals surface area contributed by atoms with Gasteiger partial charge in [0.1, 0.15) is 18.1 Å². The predicted molar refractivity (Wildman–Crippen MR) is 86.3 cm³/mol. The standard InChI is InChI=1S/C18H16N2O3/c1-22-12-6-4-5-11(9-12)16-14-10-23-15-8-3-2-7-13(15)17(14)20-18(21)19-16/h2-9,16H,10H2,1H3,(H2,19,20,21). The van der Waals surface area contributed by atoms with Gasteiger partial charge in [0, 0.05) is 11.1 Å². The maximum atomic E-state index is 12.1. The van der Waals surface area contributed by atoms with Crippen LogP contribution >= 0.6 is 0 Å². The number of carbonyl (C=O) groups excluding carboxylic acids is 1. The molecule has 2 aliphatic rings. The molecule has 0 aliphatic carbocycles. The second-order valence-electron chi connectivity index (χ2n) is 5.49. The van der Waals surface area contributed by atoms with Gasteiger partial charge in [-0.3, -0.25) is 0 Å². The van der Waals surface area contributed by atoms with Crippen molar-refractivity contribution in [3.8, 4) is 11.5 Å². The number of hydrogen-bond acceptors (Lipinski definition) is 3. The van der Waals surface area contributed by atoms with E-state index in [0.717, 1.165) is 33.9 Å². The summed E-state index contributed by atoms with van der Waals surface area (Å²) in [5.41, 5.74) is 3.73. The second-order valence-corrected chi connectivity index (χ2v) is 5.49. The van der Waals surface area contributed by atoms with Crippen LogP contribution in [-0.4, -0.2) is 19.7 Å². The van der Waals surface area contributed by atoms with Crippen molar-refractivity contribution in [2.75, 3.05) is 13.7 Å². The van der Waals surface area contributed by atoms with Gasteiger partial charge in [-0.2, -0.15) is 0 Å². The summed E-state index contributed by atoms with van der Waals surface area (Å²) in [4.78, 5) is 12.1. The zero-order chi connectivity index (χ0) is 15.8. The van der Waals surface area contributed by atoms with Crippen molar-refractivity contribution in [2.45, 2.75) is 6.04 Å². The summed E-state index contributed by atoms with van der Waals surface area (Å²) in [5, 5.41) is 5.89. The van der Waals surface area contributed by atoms with Crippen molar-refractivity contribution >= 4 is 11.7 Å². The maximum absolute atomic E-state index is 12.1. The Morgan fingerprint density at radius 3 is 2.91 bits per heavy atom. The van der Waals surface area contributed by atoms with Crippen molar-refractivity contribution in [3.63, 3.8) is 0 Å². The van der Waals surface area contributed by atoms with Gasteiger partial charge < -0.3 is 20.1 Å². The fourth-order valence-electron chi connectivity index (χ4n) is 3.05. The maximum Gasteiger partial charge on any atom is 0.320 e. The van der Waals surface area contributed by atoms with Crippen LogP contribution in [0.3, 0.4) is 0 Å². The van der Waals surface area contributed by atoms with Crippen LogP contribution in [0.25, 0.3) is 5.70 Å². The van der Waals surface area contributed by atoms with Crippen molar-refractivity contribution < 1.29 is 14.3 Å². The Morgan fingerprint density at radius 2 is 2.04 bits per heavy atom. The molecule has 2 heterocycles. The highest BCUT2D eigenvalue weighted by Gasteiger charge is 2.33. The molecule has 0 fully saturated rings. The number of amides is 2. The highest BCUT2D eigenvalue weighted by Crippen LogP contribution is 2.38. The molecule has 1 unspecified atom stereocenters. The topological polar surface area (TPSA) is 59.6 Å². The normalized spacial score (nSPS) is 19.0. The number of carbonyl (C=O) groups is 1. The Morgan fingerprint density at radius 1 is 1.17 bits per heavy atom. The van der Waals surface area contributed by atoms with Gasteiger partial charge in [0.15, 0.2) is 0 Å². The monoisotopic (exact) mass is 308 g/mol. The Bertz CT molecular complexity index is 813. The molecule has 23 heavy (non-hydrogen) atoms. The van der Waals surface area contributed by atoms with Crippen LogP contribution in [0.5, 0.6) is 11.5 Å². The summed E-state index contributed by atoms with van der Waals surface area (Å²) in [5.74, 6) is 1.55. The van der Waals surface area contributed by atoms with E-state index in [1.165, 1.54) is 0 Å². The second kappa shape index (κ2) is 5.35. The van der Waals surface area contributed by atoms with Crippen LogP contribution in [0.4, 0.5) is 4.79 Å². The largest absolute Gasteiger partial charge is 0.497 e. The number of fused-ring (bicyclic) bond motifs is 2. The number of methoxy groups -OCH3 is 1. The SMILES string of the molecule is COc1cccc(C2NC(=O)NC3=C2COc2ccccc23)c1. The average Bonchev–Trinajstić information content (AvgIpc) is 2.61. The van der Waals surface area contributed by atoms with Gasteiger partial charge in [0.25, 0.3) is 0 Å². The minimum atomic E-state index is -0.234. The molecule has 5 heteroatoms. The Balaban J connectivity index is 1.83. The lowest BCUT2D eigenvalue weighted by Crippen LogP contribution is -2.45. The minimum Gasteiger partial charge on any atom is -0.497 e. The molecule has 0 radical (unpaired) electrons. The molecule has 116 valence electrons. The smallest absolute Gasteiger partial charge is 0.320 e. The molecule has 0 bridgehead atoms. The van der Waals surface area contributed by atoms with Gasteiger partial charge in [-0.1, -0.05) is 24.3 Å². The van der Waals surface area contributed by atoms with Crippen LogP contribution in [0.15, 0.2) is 54.1 Å². The molecule has 2 N–H and O–H groups in total. The molecule has 1 atom stereocenters. The fourth-order valence-corrected chi connectivity index (χ4v) is 3.05. The van der Waals surface area contributed by atoms with Crippen LogP contribution < -0.4 is 20.1 Å². The number of ether oxygens (including phenoxy) is 2. The molecule has 0 spiro atoms. The minimum absolute atomic E-state index is 0.215. The summed E-state index contributed by atoms with van der Waals surface area (Å²) < 4.78 is 11.1. The van der Waals surface area contributed by atoms with E-state index in [1.54, 1.807) is 7.11 Å². The summed E-state index contributed by atoms with van der Waals surface area (Å²) >= 11 is 0. The zero-order valence-electron chi connectivity index (χ0n) is 12.6. The van der Waals surface area contributed by atoms with Crippen LogP contribution in [0, 0.1) is 0 Å². The average molecular weight is 308 g/mol. The van der Waals surface area contributed by atoms with Crippen LogP contribution in [-0.2, 0) is 0 Å². The van der Waals surface area contributed by atoms with Crippen molar-refractivity contribution in [1.82, 2.24) is 10.6 Å². The van der Waals surface area contributed by atoms with E-state index < -0.39 is 0 Å². The van der Waals surface area contributed by atoms with Gasteiger partial charge in [-0.25, -0.2) is 4.79 Å². The molecule has 5 nitrogen and oxygen atoms in total. The number of urea groups is 1. The third kappa shape index (κ3) is 2.30. The molecule has 0 saturated carbocycles. The van der Waals surface area contributed by atoms with E-state index >= 15 is 0 Å². The van der Waals surface area contributed by atoms with E-state index in [4.69, 9.17) is 9.47 Å². The van der Waals surface area contributed by atoms with E-state index in [9.17, 15) is 4.79 Å². The van der Waals surface area contributed by atoms with E-state index in [2.05, 4.69) is 10.6 Å². The van der Waals surface area contributed by atoms with E-state index in [0.29, 0.717) is 6.61 Å². The molecular weight excluding hydrogens is 292 g/mol. The first kappa shape index (κ1) is 13.7.